The van der Waals surface area contributed by atoms with E-state index < -0.39 is 23.6 Å². The van der Waals surface area contributed by atoms with Gasteiger partial charge in [0.25, 0.3) is 0 Å². The Morgan fingerprint density at radius 3 is 2.54 bits per heavy atom. The highest BCUT2D eigenvalue weighted by Gasteiger charge is 2.34. The molecule has 0 aromatic heterocycles. The van der Waals surface area contributed by atoms with Gasteiger partial charge >= 0.3 is 0 Å². The maximum atomic E-state index is 14.3. The summed E-state index contributed by atoms with van der Waals surface area (Å²) in [5, 5.41) is 2.18. The predicted octanol–water partition coefficient (Wildman–Crippen LogP) is 4.90. The highest BCUT2D eigenvalue weighted by Crippen LogP contribution is 2.43. The van der Waals surface area contributed by atoms with Crippen molar-refractivity contribution >= 4 is 10.8 Å². The molecular weight excluding hydrogens is 339 g/mol. The minimum atomic E-state index is -1.20. The SMILES string of the molecule is NCCC1Cc2c(ccc3ccccc23)OC1c1cc(F)c(F)cc1F. The molecule has 5 heteroatoms. The van der Waals surface area contributed by atoms with Crippen LogP contribution in [0.15, 0.2) is 48.5 Å². The lowest BCUT2D eigenvalue weighted by Gasteiger charge is -2.34. The van der Waals surface area contributed by atoms with Crippen molar-refractivity contribution in [3.8, 4) is 5.75 Å². The van der Waals surface area contributed by atoms with Gasteiger partial charge in [-0.2, -0.15) is 0 Å². The van der Waals surface area contributed by atoms with Crippen molar-refractivity contribution in [3.63, 3.8) is 0 Å². The van der Waals surface area contributed by atoms with Crippen molar-refractivity contribution < 1.29 is 17.9 Å². The molecule has 134 valence electrons. The van der Waals surface area contributed by atoms with Crippen LogP contribution < -0.4 is 10.5 Å². The van der Waals surface area contributed by atoms with Crippen LogP contribution in [-0.4, -0.2) is 6.54 Å². The van der Waals surface area contributed by atoms with Gasteiger partial charge in [0, 0.05) is 23.1 Å². The first kappa shape index (κ1) is 16.9. The number of fused-ring (bicyclic) bond motifs is 3. The minimum Gasteiger partial charge on any atom is -0.485 e. The van der Waals surface area contributed by atoms with Crippen LogP contribution in [0.3, 0.4) is 0 Å². The van der Waals surface area contributed by atoms with Crippen LogP contribution in [0.25, 0.3) is 10.8 Å². The van der Waals surface area contributed by atoms with E-state index in [0.29, 0.717) is 31.2 Å². The van der Waals surface area contributed by atoms with E-state index in [9.17, 15) is 13.2 Å². The molecule has 3 aromatic carbocycles. The Kier molecular flexibility index (Phi) is 4.32. The van der Waals surface area contributed by atoms with E-state index in [0.717, 1.165) is 22.4 Å². The van der Waals surface area contributed by atoms with E-state index >= 15 is 0 Å². The van der Waals surface area contributed by atoms with Gasteiger partial charge in [-0.05, 0) is 42.3 Å². The average molecular weight is 357 g/mol. The van der Waals surface area contributed by atoms with Crippen LogP contribution in [0.4, 0.5) is 13.2 Å². The van der Waals surface area contributed by atoms with Crippen LogP contribution in [0.5, 0.6) is 5.75 Å². The second kappa shape index (κ2) is 6.65. The number of rotatable bonds is 3. The van der Waals surface area contributed by atoms with E-state index in [1.54, 1.807) is 0 Å². The van der Waals surface area contributed by atoms with Crippen LogP contribution in [-0.2, 0) is 6.42 Å². The third-order valence-electron chi connectivity index (χ3n) is 5.03. The summed E-state index contributed by atoms with van der Waals surface area (Å²) in [5.74, 6) is -2.58. The van der Waals surface area contributed by atoms with Gasteiger partial charge in [0.2, 0.25) is 0 Å². The van der Waals surface area contributed by atoms with Crippen LogP contribution >= 0.6 is 0 Å². The molecule has 2 nitrogen and oxygen atoms in total. The molecule has 1 heterocycles. The molecule has 0 bridgehead atoms. The van der Waals surface area contributed by atoms with Crippen LogP contribution in [0.2, 0.25) is 0 Å². The molecule has 2 N–H and O–H groups in total. The lowest BCUT2D eigenvalue weighted by atomic mass is 9.83. The lowest BCUT2D eigenvalue weighted by molar-refractivity contribution is 0.106. The largest absolute Gasteiger partial charge is 0.485 e. The molecule has 0 radical (unpaired) electrons. The maximum Gasteiger partial charge on any atom is 0.161 e. The molecule has 2 atom stereocenters. The average Bonchev–Trinajstić information content (AvgIpc) is 2.64. The van der Waals surface area contributed by atoms with E-state index in [2.05, 4.69) is 0 Å². The number of hydrogen-bond donors (Lipinski definition) is 1. The topological polar surface area (TPSA) is 35.2 Å². The van der Waals surface area contributed by atoms with Crippen LogP contribution in [0.1, 0.15) is 23.7 Å². The number of hydrogen-bond acceptors (Lipinski definition) is 2. The van der Waals surface area contributed by atoms with E-state index in [1.165, 1.54) is 0 Å². The molecule has 1 aliphatic heterocycles. The molecule has 0 aliphatic carbocycles. The Labute approximate surface area is 149 Å². The molecule has 0 fully saturated rings. The number of ether oxygens (including phenoxy) is 1. The summed E-state index contributed by atoms with van der Waals surface area (Å²) in [4.78, 5) is 0. The first-order valence-electron chi connectivity index (χ1n) is 8.60. The zero-order valence-corrected chi connectivity index (χ0v) is 14.0. The van der Waals surface area contributed by atoms with Gasteiger partial charge in [0.15, 0.2) is 11.6 Å². The van der Waals surface area contributed by atoms with Crippen molar-refractivity contribution in [2.24, 2.45) is 11.7 Å². The predicted molar refractivity (Wildman–Crippen MR) is 94.5 cm³/mol. The highest BCUT2D eigenvalue weighted by molar-refractivity contribution is 5.88. The molecule has 0 saturated carbocycles. The van der Waals surface area contributed by atoms with Gasteiger partial charge < -0.3 is 10.5 Å². The first-order valence-corrected chi connectivity index (χ1v) is 8.60. The van der Waals surface area contributed by atoms with Crippen molar-refractivity contribution in [2.75, 3.05) is 6.54 Å². The van der Waals surface area contributed by atoms with Crippen LogP contribution in [0, 0.1) is 23.4 Å². The van der Waals surface area contributed by atoms with Gasteiger partial charge in [-0.1, -0.05) is 30.3 Å². The molecule has 26 heavy (non-hydrogen) atoms. The lowest BCUT2D eigenvalue weighted by Crippen LogP contribution is -2.29. The molecule has 3 aromatic rings. The summed E-state index contributed by atoms with van der Waals surface area (Å²) in [6.07, 6.45) is 0.519. The van der Waals surface area contributed by atoms with Crippen molar-refractivity contribution in [1.82, 2.24) is 0 Å². The van der Waals surface area contributed by atoms with E-state index in [-0.39, 0.29) is 11.5 Å². The summed E-state index contributed by atoms with van der Waals surface area (Å²) in [5.41, 5.74) is 6.81. The second-order valence-corrected chi connectivity index (χ2v) is 6.63. The fourth-order valence-corrected chi connectivity index (χ4v) is 3.78. The normalized spacial score (nSPS) is 19.2. The molecule has 0 saturated heterocycles. The monoisotopic (exact) mass is 357 g/mol. The highest BCUT2D eigenvalue weighted by atomic mass is 19.2. The van der Waals surface area contributed by atoms with Gasteiger partial charge in [-0.15, -0.1) is 0 Å². The van der Waals surface area contributed by atoms with Crippen molar-refractivity contribution in [1.29, 1.82) is 0 Å². The molecule has 0 amide bonds. The van der Waals surface area contributed by atoms with Gasteiger partial charge in [-0.25, -0.2) is 13.2 Å². The van der Waals surface area contributed by atoms with Crippen molar-refractivity contribution in [2.45, 2.75) is 18.9 Å². The Bertz CT molecular complexity index is 973. The zero-order valence-electron chi connectivity index (χ0n) is 14.0. The quantitative estimate of drug-likeness (QED) is 0.677. The fraction of sp³-hybridized carbons (Fsp3) is 0.238. The maximum absolute atomic E-state index is 14.3. The summed E-state index contributed by atoms with van der Waals surface area (Å²) in [6, 6.07) is 13.2. The number of benzene rings is 3. The van der Waals surface area contributed by atoms with Gasteiger partial charge in [0.05, 0.1) is 0 Å². The number of halogens is 3. The summed E-state index contributed by atoms with van der Waals surface area (Å²) < 4.78 is 47.4. The molecule has 2 unspecified atom stereocenters. The minimum absolute atomic E-state index is 0.0289. The Balaban J connectivity index is 1.82. The Morgan fingerprint density at radius 2 is 1.73 bits per heavy atom. The molecular formula is C21H18F3NO. The first-order chi connectivity index (χ1) is 12.6. The standard InChI is InChI=1S/C21H18F3NO/c22-17-11-19(24)18(23)10-16(17)21-13(7-8-25)9-15-14-4-2-1-3-12(14)5-6-20(15)26-21/h1-6,10-11,13,21H,7-9,25H2. The molecule has 1 aliphatic rings. The fourth-order valence-electron chi connectivity index (χ4n) is 3.78. The molecule has 0 spiro atoms. The third-order valence-corrected chi connectivity index (χ3v) is 5.03. The Hall–Kier alpha value is -2.53. The Morgan fingerprint density at radius 1 is 0.962 bits per heavy atom. The smallest absolute Gasteiger partial charge is 0.161 e. The summed E-state index contributed by atoms with van der Waals surface area (Å²) >= 11 is 0. The van der Waals surface area contributed by atoms with Gasteiger partial charge in [-0.3, -0.25) is 0 Å². The summed E-state index contributed by atoms with van der Waals surface area (Å²) in [7, 11) is 0. The van der Waals surface area contributed by atoms with E-state index in [1.807, 2.05) is 36.4 Å². The third kappa shape index (κ3) is 2.82. The second-order valence-electron chi connectivity index (χ2n) is 6.63. The van der Waals surface area contributed by atoms with Crippen molar-refractivity contribution in [3.05, 3.63) is 77.1 Å². The number of nitrogens with two attached hydrogens (primary N) is 1. The molecule has 4 rings (SSSR count). The summed E-state index contributed by atoms with van der Waals surface area (Å²) in [6.45, 7) is 0.399. The van der Waals surface area contributed by atoms with E-state index in [4.69, 9.17) is 10.5 Å². The zero-order chi connectivity index (χ0) is 18.3. The van der Waals surface area contributed by atoms with Gasteiger partial charge in [0.1, 0.15) is 17.7 Å².